The second kappa shape index (κ2) is 6.51. The SMILES string of the molecule is Cc1noc2nc(C(C)C)cc(C(=O)N3CCCC(C(C)N)C3)c12. The molecule has 1 aliphatic heterocycles. The molecule has 2 aromatic rings. The van der Waals surface area contributed by atoms with Gasteiger partial charge in [0.25, 0.3) is 11.6 Å². The molecular weight excluding hydrogens is 304 g/mol. The van der Waals surface area contributed by atoms with E-state index >= 15 is 0 Å². The maximum Gasteiger partial charge on any atom is 0.259 e. The second-order valence-corrected chi connectivity index (χ2v) is 7.21. The molecule has 2 atom stereocenters. The normalized spacial score (nSPS) is 19.9. The van der Waals surface area contributed by atoms with E-state index in [1.54, 1.807) is 0 Å². The number of hydrogen-bond donors (Lipinski definition) is 1. The molecule has 6 heteroatoms. The van der Waals surface area contributed by atoms with Gasteiger partial charge in [-0.2, -0.15) is 0 Å². The summed E-state index contributed by atoms with van der Waals surface area (Å²) in [6.07, 6.45) is 2.07. The lowest BCUT2D eigenvalue weighted by molar-refractivity contribution is 0.0662. The zero-order valence-electron chi connectivity index (χ0n) is 14.9. The Balaban J connectivity index is 2.01. The van der Waals surface area contributed by atoms with E-state index in [4.69, 9.17) is 10.3 Å². The number of carbonyl (C=O) groups is 1. The number of piperidine rings is 1. The van der Waals surface area contributed by atoms with Crippen molar-refractivity contribution in [3.05, 3.63) is 23.0 Å². The largest absolute Gasteiger partial charge is 0.338 e. The van der Waals surface area contributed by atoms with Gasteiger partial charge in [0.15, 0.2) is 0 Å². The number of aryl methyl sites for hydroxylation is 1. The van der Waals surface area contributed by atoms with Crippen molar-refractivity contribution in [3.63, 3.8) is 0 Å². The third kappa shape index (κ3) is 3.02. The molecule has 0 aliphatic carbocycles. The first kappa shape index (κ1) is 16.9. The lowest BCUT2D eigenvalue weighted by atomic mass is 9.91. The minimum atomic E-state index is 0.0287. The van der Waals surface area contributed by atoms with Crippen LogP contribution in [-0.4, -0.2) is 40.1 Å². The van der Waals surface area contributed by atoms with E-state index in [0.717, 1.165) is 30.5 Å². The first-order valence-electron chi connectivity index (χ1n) is 8.70. The Kier molecular flexibility index (Phi) is 4.58. The number of amides is 1. The number of likely N-dealkylation sites (tertiary alicyclic amines) is 1. The smallest absolute Gasteiger partial charge is 0.259 e. The van der Waals surface area contributed by atoms with Crippen molar-refractivity contribution >= 4 is 17.0 Å². The monoisotopic (exact) mass is 330 g/mol. The molecule has 0 bridgehead atoms. The summed E-state index contributed by atoms with van der Waals surface area (Å²) in [7, 11) is 0. The number of nitrogens with two attached hydrogens (primary N) is 1. The van der Waals surface area contributed by atoms with Gasteiger partial charge in [0.1, 0.15) is 0 Å². The summed E-state index contributed by atoms with van der Waals surface area (Å²) in [5.74, 6) is 0.596. The minimum absolute atomic E-state index is 0.0287. The first-order valence-corrected chi connectivity index (χ1v) is 8.70. The standard InChI is InChI=1S/C18H26N4O2/c1-10(2)15-8-14(16-12(4)21-24-17(16)20-15)18(23)22-7-5-6-13(9-22)11(3)19/h8,10-11,13H,5-7,9,19H2,1-4H3. The predicted octanol–water partition coefficient (Wildman–Crippen LogP) is 2.85. The van der Waals surface area contributed by atoms with Gasteiger partial charge in [-0.3, -0.25) is 4.79 Å². The molecule has 2 unspecified atom stereocenters. The van der Waals surface area contributed by atoms with Crippen LogP contribution in [0.2, 0.25) is 0 Å². The highest BCUT2D eigenvalue weighted by Crippen LogP contribution is 2.28. The molecule has 1 amide bonds. The van der Waals surface area contributed by atoms with Gasteiger partial charge in [0.05, 0.1) is 16.6 Å². The summed E-state index contributed by atoms with van der Waals surface area (Å²) in [6, 6.07) is 2.00. The van der Waals surface area contributed by atoms with E-state index in [1.165, 1.54) is 0 Å². The van der Waals surface area contributed by atoms with Crippen molar-refractivity contribution < 1.29 is 9.32 Å². The predicted molar refractivity (Wildman–Crippen MR) is 92.9 cm³/mol. The Labute approximate surface area is 142 Å². The zero-order valence-corrected chi connectivity index (χ0v) is 14.9. The Morgan fingerprint density at radius 3 is 2.83 bits per heavy atom. The van der Waals surface area contributed by atoms with Crippen LogP contribution in [0.5, 0.6) is 0 Å². The fourth-order valence-corrected chi connectivity index (χ4v) is 3.37. The van der Waals surface area contributed by atoms with E-state index in [2.05, 4.69) is 24.0 Å². The fraction of sp³-hybridized carbons (Fsp3) is 0.611. The third-order valence-electron chi connectivity index (χ3n) is 4.95. The van der Waals surface area contributed by atoms with Crippen LogP contribution in [0.3, 0.4) is 0 Å². The van der Waals surface area contributed by atoms with Gasteiger partial charge in [-0.05, 0) is 44.6 Å². The van der Waals surface area contributed by atoms with Gasteiger partial charge < -0.3 is 15.2 Å². The van der Waals surface area contributed by atoms with Crippen LogP contribution in [0.1, 0.15) is 61.3 Å². The molecule has 1 saturated heterocycles. The third-order valence-corrected chi connectivity index (χ3v) is 4.95. The fourth-order valence-electron chi connectivity index (χ4n) is 3.37. The van der Waals surface area contributed by atoms with E-state index in [9.17, 15) is 4.79 Å². The minimum Gasteiger partial charge on any atom is -0.338 e. The number of fused-ring (bicyclic) bond motifs is 1. The van der Waals surface area contributed by atoms with Crippen molar-refractivity contribution in [1.29, 1.82) is 0 Å². The summed E-state index contributed by atoms with van der Waals surface area (Å²) in [5.41, 5.74) is 8.71. The van der Waals surface area contributed by atoms with Gasteiger partial charge in [-0.25, -0.2) is 4.98 Å². The van der Waals surface area contributed by atoms with Crippen LogP contribution in [0.15, 0.2) is 10.6 Å². The Morgan fingerprint density at radius 1 is 1.42 bits per heavy atom. The number of pyridine rings is 1. The average Bonchev–Trinajstić information content (AvgIpc) is 2.94. The quantitative estimate of drug-likeness (QED) is 0.935. The van der Waals surface area contributed by atoms with Crippen molar-refractivity contribution in [1.82, 2.24) is 15.0 Å². The number of rotatable bonds is 3. The topological polar surface area (TPSA) is 85.2 Å². The van der Waals surface area contributed by atoms with Gasteiger partial charge in [-0.1, -0.05) is 19.0 Å². The maximum atomic E-state index is 13.2. The van der Waals surface area contributed by atoms with Gasteiger partial charge in [0, 0.05) is 24.8 Å². The maximum absolute atomic E-state index is 13.2. The number of nitrogens with zero attached hydrogens (tertiary/aromatic N) is 3. The summed E-state index contributed by atoms with van der Waals surface area (Å²) in [6.45, 7) is 9.46. The molecule has 0 aromatic carbocycles. The van der Waals surface area contributed by atoms with E-state index in [0.29, 0.717) is 29.4 Å². The van der Waals surface area contributed by atoms with Crippen molar-refractivity contribution in [2.45, 2.75) is 52.5 Å². The van der Waals surface area contributed by atoms with E-state index in [1.807, 2.05) is 24.8 Å². The molecule has 130 valence electrons. The van der Waals surface area contributed by atoms with Crippen molar-refractivity contribution in [3.8, 4) is 0 Å². The highest BCUT2D eigenvalue weighted by molar-refractivity contribution is 6.06. The van der Waals surface area contributed by atoms with Crippen LogP contribution < -0.4 is 5.73 Å². The number of aromatic nitrogens is 2. The average molecular weight is 330 g/mol. The Bertz CT molecular complexity index is 751. The number of carbonyl (C=O) groups excluding carboxylic acids is 1. The molecule has 2 N–H and O–H groups in total. The Hall–Kier alpha value is -1.95. The lowest BCUT2D eigenvalue weighted by Gasteiger charge is -2.34. The van der Waals surface area contributed by atoms with Gasteiger partial charge >= 0.3 is 0 Å². The highest BCUT2D eigenvalue weighted by Gasteiger charge is 2.29. The highest BCUT2D eigenvalue weighted by atomic mass is 16.5. The molecular formula is C18H26N4O2. The van der Waals surface area contributed by atoms with E-state index < -0.39 is 0 Å². The van der Waals surface area contributed by atoms with Crippen LogP contribution in [0, 0.1) is 12.8 Å². The Morgan fingerprint density at radius 2 is 2.17 bits per heavy atom. The summed E-state index contributed by atoms with van der Waals surface area (Å²) in [5, 5.41) is 4.73. The van der Waals surface area contributed by atoms with Gasteiger partial charge in [-0.15, -0.1) is 0 Å². The van der Waals surface area contributed by atoms with Gasteiger partial charge in [0.2, 0.25) is 0 Å². The molecule has 6 nitrogen and oxygen atoms in total. The van der Waals surface area contributed by atoms with Crippen molar-refractivity contribution in [2.24, 2.45) is 11.7 Å². The number of hydrogen-bond acceptors (Lipinski definition) is 5. The molecule has 24 heavy (non-hydrogen) atoms. The van der Waals surface area contributed by atoms with Crippen LogP contribution >= 0.6 is 0 Å². The summed E-state index contributed by atoms with van der Waals surface area (Å²) < 4.78 is 5.33. The molecule has 3 rings (SSSR count). The van der Waals surface area contributed by atoms with Crippen LogP contribution in [0.25, 0.3) is 11.1 Å². The molecule has 0 spiro atoms. The molecule has 3 heterocycles. The summed E-state index contributed by atoms with van der Waals surface area (Å²) in [4.78, 5) is 19.6. The lowest BCUT2D eigenvalue weighted by Crippen LogP contribution is -2.45. The molecule has 0 saturated carbocycles. The van der Waals surface area contributed by atoms with Crippen LogP contribution in [-0.2, 0) is 0 Å². The zero-order chi connectivity index (χ0) is 17.4. The van der Waals surface area contributed by atoms with Crippen LogP contribution in [0.4, 0.5) is 0 Å². The van der Waals surface area contributed by atoms with E-state index in [-0.39, 0.29) is 17.9 Å². The molecule has 1 aliphatic rings. The molecule has 1 fully saturated rings. The summed E-state index contributed by atoms with van der Waals surface area (Å²) >= 11 is 0. The molecule has 0 radical (unpaired) electrons. The van der Waals surface area contributed by atoms with Crippen molar-refractivity contribution in [2.75, 3.05) is 13.1 Å². The molecule has 2 aromatic heterocycles. The second-order valence-electron chi connectivity index (χ2n) is 7.21. The first-order chi connectivity index (χ1) is 11.4.